The maximum absolute atomic E-state index is 12.8. The average Bonchev–Trinajstić information content (AvgIpc) is 3.57. The number of aromatic nitrogens is 5. The first-order valence-corrected chi connectivity index (χ1v) is 11.7. The molecular formula is C24H23N5O2S. The summed E-state index contributed by atoms with van der Waals surface area (Å²) in [5.41, 5.74) is 4.02. The van der Waals surface area contributed by atoms with Crippen molar-refractivity contribution in [3.05, 3.63) is 65.6 Å². The molecule has 0 N–H and O–H groups in total. The Hall–Kier alpha value is -3.26. The highest BCUT2D eigenvalue weighted by Gasteiger charge is 2.30. The molecule has 3 heterocycles. The molecule has 7 nitrogen and oxygen atoms in total. The first kappa shape index (κ1) is 20.6. The molecule has 162 valence electrons. The number of fused-ring (bicyclic) bond motifs is 1. The summed E-state index contributed by atoms with van der Waals surface area (Å²) in [5, 5.41) is 10.7. The summed E-state index contributed by atoms with van der Waals surface area (Å²) in [6.45, 7) is 4.09. The minimum atomic E-state index is -0.333. The largest absolute Gasteiger partial charge is 0.462 e. The van der Waals surface area contributed by atoms with E-state index in [4.69, 9.17) is 9.72 Å². The van der Waals surface area contributed by atoms with E-state index in [0.717, 1.165) is 45.9 Å². The van der Waals surface area contributed by atoms with Crippen molar-refractivity contribution in [3.8, 4) is 11.4 Å². The molecular weight excluding hydrogens is 422 g/mol. The van der Waals surface area contributed by atoms with Gasteiger partial charge < -0.3 is 4.74 Å². The summed E-state index contributed by atoms with van der Waals surface area (Å²) in [7, 11) is 0. The Balaban J connectivity index is 1.51. The molecule has 1 saturated carbocycles. The minimum absolute atomic E-state index is 0.322. The SMILES string of the molecule is CCOC(=O)c1c(CSc2nnc(-c3ccncc3)n2C2CC2)nc2ccccc2c1C. The average molecular weight is 446 g/mol. The van der Waals surface area contributed by atoms with Gasteiger partial charge in [-0.2, -0.15) is 0 Å². The third kappa shape index (κ3) is 3.86. The zero-order chi connectivity index (χ0) is 22.1. The predicted molar refractivity (Wildman–Crippen MR) is 124 cm³/mol. The Morgan fingerprint density at radius 1 is 1.16 bits per heavy atom. The summed E-state index contributed by atoms with van der Waals surface area (Å²) in [6.07, 6.45) is 5.76. The summed E-state index contributed by atoms with van der Waals surface area (Å²) in [4.78, 5) is 21.7. The van der Waals surface area contributed by atoms with Crippen LogP contribution in [-0.2, 0) is 10.5 Å². The number of benzene rings is 1. The van der Waals surface area contributed by atoms with Crippen LogP contribution in [-0.4, -0.2) is 37.3 Å². The van der Waals surface area contributed by atoms with Crippen LogP contribution in [0.15, 0.2) is 53.9 Å². The van der Waals surface area contributed by atoms with Gasteiger partial charge in [0.25, 0.3) is 0 Å². The lowest BCUT2D eigenvalue weighted by molar-refractivity contribution is 0.0524. The van der Waals surface area contributed by atoms with E-state index in [1.165, 1.54) is 0 Å². The van der Waals surface area contributed by atoms with Crippen LogP contribution in [0, 0.1) is 6.92 Å². The minimum Gasteiger partial charge on any atom is -0.462 e. The normalized spacial score (nSPS) is 13.4. The van der Waals surface area contributed by atoms with E-state index in [2.05, 4.69) is 19.7 Å². The highest BCUT2D eigenvalue weighted by Crippen LogP contribution is 2.41. The first-order valence-electron chi connectivity index (χ1n) is 10.7. The van der Waals surface area contributed by atoms with Crippen molar-refractivity contribution in [1.82, 2.24) is 24.7 Å². The lowest BCUT2D eigenvalue weighted by atomic mass is 10.0. The number of hydrogen-bond acceptors (Lipinski definition) is 7. The highest BCUT2D eigenvalue weighted by molar-refractivity contribution is 7.98. The molecule has 0 atom stereocenters. The number of nitrogens with zero attached hydrogens (tertiary/aromatic N) is 5. The Morgan fingerprint density at radius 2 is 1.94 bits per heavy atom. The maximum atomic E-state index is 12.8. The predicted octanol–water partition coefficient (Wildman–Crippen LogP) is 5.00. The summed E-state index contributed by atoms with van der Waals surface area (Å²) in [6, 6.07) is 12.2. The van der Waals surface area contributed by atoms with E-state index >= 15 is 0 Å². The summed E-state index contributed by atoms with van der Waals surface area (Å²) >= 11 is 1.55. The van der Waals surface area contributed by atoms with Gasteiger partial charge in [0, 0.05) is 35.1 Å². The standard InChI is InChI=1S/C24H23N5O2S/c1-3-31-23(30)21-15(2)18-6-4-5-7-19(18)26-20(21)14-32-24-28-27-22(29(24)17-8-9-17)16-10-12-25-13-11-16/h4-7,10-13,17H,3,8-9,14H2,1-2H3. The zero-order valence-corrected chi connectivity index (χ0v) is 18.8. The molecule has 0 amide bonds. The van der Waals surface area contributed by atoms with Gasteiger partial charge in [-0.25, -0.2) is 4.79 Å². The molecule has 0 unspecified atom stereocenters. The fraction of sp³-hybridized carbons (Fsp3) is 0.292. The molecule has 32 heavy (non-hydrogen) atoms. The molecule has 8 heteroatoms. The van der Waals surface area contributed by atoms with Crippen LogP contribution in [0.5, 0.6) is 0 Å². The second-order valence-corrected chi connectivity index (χ2v) is 8.67. The van der Waals surface area contributed by atoms with Crippen LogP contribution in [0.1, 0.15) is 47.4 Å². The Bertz CT molecular complexity index is 1280. The molecule has 1 aromatic carbocycles. The number of hydrogen-bond donors (Lipinski definition) is 0. The Morgan fingerprint density at radius 3 is 2.69 bits per heavy atom. The van der Waals surface area contributed by atoms with Crippen LogP contribution < -0.4 is 0 Å². The van der Waals surface area contributed by atoms with Crippen LogP contribution in [0.2, 0.25) is 0 Å². The van der Waals surface area contributed by atoms with Crippen molar-refractivity contribution in [1.29, 1.82) is 0 Å². The molecule has 1 aliphatic rings. The van der Waals surface area contributed by atoms with Crippen LogP contribution in [0.25, 0.3) is 22.3 Å². The van der Waals surface area contributed by atoms with Gasteiger partial charge in [-0.05, 0) is 50.5 Å². The van der Waals surface area contributed by atoms with Gasteiger partial charge in [-0.1, -0.05) is 30.0 Å². The van der Waals surface area contributed by atoms with Gasteiger partial charge >= 0.3 is 5.97 Å². The number of aryl methyl sites for hydroxylation is 1. The number of thioether (sulfide) groups is 1. The molecule has 0 radical (unpaired) electrons. The molecule has 1 aliphatic carbocycles. The second-order valence-electron chi connectivity index (χ2n) is 7.73. The van der Waals surface area contributed by atoms with Crippen molar-refractivity contribution < 1.29 is 9.53 Å². The molecule has 0 aliphatic heterocycles. The third-order valence-electron chi connectivity index (χ3n) is 5.56. The van der Waals surface area contributed by atoms with Crippen molar-refractivity contribution in [2.75, 3.05) is 6.61 Å². The molecule has 0 spiro atoms. The fourth-order valence-electron chi connectivity index (χ4n) is 3.89. The van der Waals surface area contributed by atoms with Gasteiger partial charge in [0.1, 0.15) is 0 Å². The number of carbonyl (C=O) groups is 1. The monoisotopic (exact) mass is 445 g/mol. The maximum Gasteiger partial charge on any atom is 0.340 e. The number of rotatable bonds is 7. The lowest BCUT2D eigenvalue weighted by Gasteiger charge is -2.14. The van der Waals surface area contributed by atoms with E-state index in [9.17, 15) is 4.79 Å². The summed E-state index contributed by atoms with van der Waals surface area (Å²) < 4.78 is 7.56. The number of ether oxygens (including phenoxy) is 1. The second kappa shape index (κ2) is 8.70. The van der Waals surface area contributed by atoms with Crippen LogP contribution in [0.4, 0.5) is 0 Å². The van der Waals surface area contributed by atoms with Gasteiger partial charge in [-0.3, -0.25) is 14.5 Å². The molecule has 0 saturated heterocycles. The third-order valence-corrected chi connectivity index (χ3v) is 6.51. The number of pyridine rings is 2. The van der Waals surface area contributed by atoms with Crippen molar-refractivity contribution >= 4 is 28.6 Å². The summed E-state index contributed by atoms with van der Waals surface area (Å²) in [5.74, 6) is 1.02. The van der Waals surface area contributed by atoms with E-state index in [1.807, 2.05) is 50.2 Å². The molecule has 4 aromatic rings. The number of carbonyl (C=O) groups excluding carboxylic acids is 1. The van der Waals surface area contributed by atoms with Crippen LogP contribution >= 0.6 is 11.8 Å². The molecule has 0 bridgehead atoms. The topological polar surface area (TPSA) is 82.8 Å². The first-order chi connectivity index (χ1) is 15.7. The quantitative estimate of drug-likeness (QED) is 0.292. The van der Waals surface area contributed by atoms with Gasteiger partial charge in [0.15, 0.2) is 11.0 Å². The number of para-hydroxylation sites is 1. The molecule has 1 fully saturated rings. The Labute approximate surface area is 190 Å². The zero-order valence-electron chi connectivity index (χ0n) is 18.0. The van der Waals surface area contributed by atoms with Gasteiger partial charge in [0.05, 0.1) is 23.4 Å². The fourth-order valence-corrected chi connectivity index (χ4v) is 4.84. The van der Waals surface area contributed by atoms with E-state index in [0.29, 0.717) is 29.7 Å². The smallest absolute Gasteiger partial charge is 0.340 e. The van der Waals surface area contributed by atoms with Gasteiger partial charge in [-0.15, -0.1) is 10.2 Å². The Kier molecular flexibility index (Phi) is 5.61. The van der Waals surface area contributed by atoms with Gasteiger partial charge in [0.2, 0.25) is 0 Å². The van der Waals surface area contributed by atoms with Crippen molar-refractivity contribution in [3.63, 3.8) is 0 Å². The van der Waals surface area contributed by atoms with Crippen molar-refractivity contribution in [2.24, 2.45) is 0 Å². The number of esters is 1. The lowest BCUT2D eigenvalue weighted by Crippen LogP contribution is -2.12. The van der Waals surface area contributed by atoms with E-state index in [-0.39, 0.29) is 5.97 Å². The van der Waals surface area contributed by atoms with Crippen LogP contribution in [0.3, 0.4) is 0 Å². The van der Waals surface area contributed by atoms with Crippen molar-refractivity contribution in [2.45, 2.75) is 43.6 Å². The van der Waals surface area contributed by atoms with E-state index in [1.54, 1.807) is 24.2 Å². The van der Waals surface area contributed by atoms with E-state index < -0.39 is 0 Å². The molecule has 5 rings (SSSR count). The molecule has 3 aromatic heterocycles. The highest BCUT2D eigenvalue weighted by atomic mass is 32.2.